The van der Waals surface area contributed by atoms with Crippen molar-refractivity contribution in [1.29, 1.82) is 0 Å². The van der Waals surface area contributed by atoms with Crippen molar-refractivity contribution in [3.05, 3.63) is 177 Å². The van der Waals surface area contributed by atoms with Gasteiger partial charge in [0.25, 0.3) is 11.8 Å². The number of aliphatic imine (C=N–C) groups is 1. The highest BCUT2D eigenvalue weighted by molar-refractivity contribution is 8.14. The Morgan fingerprint density at radius 1 is 0.726 bits per heavy atom. The number of halogens is 2. The molecule has 3 aliphatic heterocycles. The van der Waals surface area contributed by atoms with E-state index >= 15 is 0 Å². The van der Waals surface area contributed by atoms with Crippen LogP contribution in [-0.2, 0) is 0 Å². The van der Waals surface area contributed by atoms with Gasteiger partial charge in [0, 0.05) is 118 Å². The van der Waals surface area contributed by atoms with E-state index in [-0.39, 0.29) is 16.9 Å². The second-order valence-electron chi connectivity index (χ2n) is 18.6. The van der Waals surface area contributed by atoms with Crippen molar-refractivity contribution in [2.75, 3.05) is 57.3 Å². The van der Waals surface area contributed by atoms with E-state index in [1.807, 2.05) is 63.2 Å². The highest BCUT2D eigenvalue weighted by Crippen LogP contribution is 2.43. The van der Waals surface area contributed by atoms with Crippen molar-refractivity contribution >= 4 is 64.0 Å². The van der Waals surface area contributed by atoms with E-state index in [4.69, 9.17) is 9.41 Å². The molecule has 9 rings (SSSR count). The molecule has 5 aromatic rings. The molecule has 2 amide bonds. The Morgan fingerprint density at radius 3 is 1.93 bits per heavy atom. The molecule has 1 saturated heterocycles. The summed E-state index contributed by atoms with van der Waals surface area (Å²) in [4.78, 5) is 53.3. The molecule has 0 unspecified atom stereocenters. The van der Waals surface area contributed by atoms with Crippen LogP contribution < -0.4 is 14.8 Å². The monoisotopic (exact) mass is 997 g/mol. The molecular formula is C59H60BF2N6O4S+. The second-order valence-corrected chi connectivity index (χ2v) is 19.6. The summed E-state index contributed by atoms with van der Waals surface area (Å²) < 4.78 is 39.0. The van der Waals surface area contributed by atoms with Crippen LogP contribution in [0.15, 0.2) is 147 Å². The quantitative estimate of drug-likeness (QED) is 0.0494. The Balaban J connectivity index is 0.897. The van der Waals surface area contributed by atoms with Crippen LogP contribution in [0.4, 0.5) is 14.3 Å². The van der Waals surface area contributed by atoms with E-state index in [1.54, 1.807) is 59.2 Å². The number of fused-ring (bicyclic) bond motifs is 2. The summed E-state index contributed by atoms with van der Waals surface area (Å²) in [5, 5.41) is 1.86. The maximum Gasteiger partial charge on any atom is 0.677 e. The van der Waals surface area contributed by atoms with Crippen LogP contribution in [0.1, 0.15) is 95.1 Å². The first-order chi connectivity index (χ1) is 35.2. The van der Waals surface area contributed by atoms with Gasteiger partial charge in [-0.25, -0.2) is 4.58 Å². The largest absolute Gasteiger partial charge is 0.677 e. The van der Waals surface area contributed by atoms with Crippen LogP contribution in [0.3, 0.4) is 0 Å². The average molecular weight is 998 g/mol. The van der Waals surface area contributed by atoms with Crippen LogP contribution in [0.25, 0.3) is 39.0 Å². The average Bonchev–Trinajstić information content (AvgIpc) is 3.90. The predicted molar refractivity (Wildman–Crippen MR) is 293 cm³/mol. The van der Waals surface area contributed by atoms with Crippen molar-refractivity contribution in [1.82, 2.24) is 18.9 Å². The molecule has 1 aromatic heterocycles. The first-order valence-corrected chi connectivity index (χ1v) is 25.9. The van der Waals surface area contributed by atoms with Gasteiger partial charge in [0.05, 0.1) is 11.8 Å². The van der Waals surface area contributed by atoms with Gasteiger partial charge in [0.2, 0.25) is 10.5 Å². The van der Waals surface area contributed by atoms with Crippen molar-refractivity contribution in [3.63, 3.8) is 0 Å². The maximum absolute atomic E-state index is 14.5. The zero-order chi connectivity index (χ0) is 51.7. The van der Waals surface area contributed by atoms with Gasteiger partial charge in [-0.05, 0) is 162 Å². The van der Waals surface area contributed by atoms with Crippen LogP contribution in [0.5, 0.6) is 0 Å². The zero-order valence-corrected chi connectivity index (χ0v) is 43.6. The molecule has 73 heavy (non-hydrogen) atoms. The summed E-state index contributed by atoms with van der Waals surface area (Å²) in [5.41, 5.74) is 11.1. The van der Waals surface area contributed by atoms with Gasteiger partial charge in [-0.1, -0.05) is 30.3 Å². The van der Waals surface area contributed by atoms with Crippen molar-refractivity contribution < 1.29 is 27.4 Å². The lowest BCUT2D eigenvalue weighted by Crippen LogP contribution is -2.50. The van der Waals surface area contributed by atoms with E-state index < -0.39 is 7.40 Å². The molecule has 1 fully saturated rings. The lowest BCUT2D eigenvalue weighted by atomic mass is 9.91. The minimum Gasteiger partial charge on any atom is -0.456 e. The predicted octanol–water partition coefficient (Wildman–Crippen LogP) is 11.8. The minimum absolute atomic E-state index is 0.124. The number of piperazine rings is 1. The molecule has 10 nitrogen and oxygen atoms in total. The number of hydrogen-bond donors (Lipinski definition) is 0. The van der Waals surface area contributed by atoms with Crippen molar-refractivity contribution in [3.8, 4) is 22.5 Å². The van der Waals surface area contributed by atoms with E-state index in [9.17, 15) is 23.0 Å². The number of amides is 2. The summed E-state index contributed by atoms with van der Waals surface area (Å²) in [5.74, 6) is 0.416. The van der Waals surface area contributed by atoms with Gasteiger partial charge >= 0.3 is 7.40 Å². The SMILES string of the molecule is CCN(CC)c1ccc2c(-c3ccccc3C(=O)Sc3ccc(C(=O)N4CCN(C(=O)c5ccc(/C(=C6/N=C(C)C=C6C)c6c(C)cc(C)n6B(F)F)cc5)CC4)cc3)c3ccc(=[N+](CC)CC)cc-3oc2c1. The number of benzene rings is 5. The molecule has 0 bridgehead atoms. The smallest absolute Gasteiger partial charge is 0.456 e. The Bertz CT molecular complexity index is 3410. The molecule has 0 saturated carbocycles. The number of nitrogens with zero attached hydrogens (tertiary/aromatic N) is 6. The van der Waals surface area contributed by atoms with Crippen LogP contribution >= 0.6 is 11.8 Å². The van der Waals surface area contributed by atoms with Crippen LogP contribution in [0, 0.1) is 13.8 Å². The molecule has 0 spiro atoms. The standard InChI is InChI=1S/C59H60BF2N6O4S/c1-9-64(10-2)44-23-27-49-51(35-44)72-52-36-45(65(11-3)12-4)24-28-50(52)54(49)47-15-13-14-16-48(47)59(71)73-46-25-21-43(22-26-46)58(70)67-31-29-66(30-32-67)57(69)42-19-17-41(18-20-42)53(55-37(5)33-39(7)63-55)56-38(6)34-40(8)68(56)60(61)62/h13-28,33-36H,9-12,29-32H2,1-8H3/q+1/b55-53-. The zero-order valence-electron chi connectivity index (χ0n) is 42.8. The van der Waals surface area contributed by atoms with Gasteiger partial charge in [-0.15, -0.1) is 0 Å². The number of hydrogen-bond acceptors (Lipinski definition) is 7. The highest BCUT2D eigenvalue weighted by atomic mass is 32.2. The summed E-state index contributed by atoms with van der Waals surface area (Å²) in [7, 11) is -2.74. The highest BCUT2D eigenvalue weighted by Gasteiger charge is 2.31. The summed E-state index contributed by atoms with van der Waals surface area (Å²) in [6, 6.07) is 36.3. The lowest BCUT2D eigenvalue weighted by Gasteiger charge is -2.35. The Kier molecular flexibility index (Phi) is 14.8. The third-order valence-electron chi connectivity index (χ3n) is 14.1. The fraction of sp³-hybridized carbons (Fsp3) is 0.271. The van der Waals surface area contributed by atoms with E-state index in [2.05, 4.69) is 73.6 Å². The number of carbonyl (C=O) groups is 3. The van der Waals surface area contributed by atoms with E-state index in [0.29, 0.717) is 81.5 Å². The Labute approximate surface area is 430 Å². The lowest BCUT2D eigenvalue weighted by molar-refractivity contribution is 0.0535. The topological polar surface area (TPSA) is 94.4 Å². The number of carbonyl (C=O) groups excluding carboxylic acids is 3. The molecule has 0 radical (unpaired) electrons. The molecule has 0 atom stereocenters. The first kappa shape index (κ1) is 50.6. The molecule has 4 heterocycles. The number of aryl methyl sites for hydroxylation is 2. The maximum atomic E-state index is 14.5. The van der Waals surface area contributed by atoms with Crippen LogP contribution in [-0.4, -0.2) is 96.7 Å². The fourth-order valence-electron chi connectivity index (χ4n) is 10.4. The molecule has 1 aliphatic carbocycles. The number of thioether (sulfide) groups is 1. The molecule has 0 N–H and O–H groups in total. The van der Waals surface area contributed by atoms with Crippen molar-refractivity contribution in [2.45, 2.75) is 60.3 Å². The fourth-order valence-corrected chi connectivity index (χ4v) is 11.2. The van der Waals surface area contributed by atoms with Gasteiger partial charge in [-0.3, -0.25) is 28.0 Å². The number of aromatic nitrogens is 1. The minimum atomic E-state index is -2.74. The molecule has 372 valence electrons. The van der Waals surface area contributed by atoms with Gasteiger partial charge in [-0.2, -0.15) is 0 Å². The van der Waals surface area contributed by atoms with Crippen LogP contribution in [0.2, 0.25) is 0 Å². The first-order valence-electron chi connectivity index (χ1n) is 25.1. The van der Waals surface area contributed by atoms with Gasteiger partial charge in [0.1, 0.15) is 24.4 Å². The molecule has 14 heteroatoms. The number of allylic oxidation sites excluding steroid dienone is 2. The van der Waals surface area contributed by atoms with E-state index in [1.165, 1.54) is 0 Å². The third kappa shape index (κ3) is 9.97. The van der Waals surface area contributed by atoms with Gasteiger partial charge in [0.15, 0.2) is 0 Å². The number of rotatable bonds is 13. The van der Waals surface area contributed by atoms with E-state index in [0.717, 1.165) is 98.2 Å². The normalized spacial score (nSPS) is 14.4. The second kappa shape index (κ2) is 21.4. The molecular weight excluding hydrogens is 938 g/mol. The molecule has 4 aromatic carbocycles. The summed E-state index contributed by atoms with van der Waals surface area (Å²) in [6.07, 6.45) is 1.93. The third-order valence-corrected chi connectivity index (χ3v) is 15.0. The summed E-state index contributed by atoms with van der Waals surface area (Å²) >= 11 is 1.12. The van der Waals surface area contributed by atoms with Gasteiger partial charge < -0.3 is 23.6 Å². The Hall–Kier alpha value is -7.32. The molecule has 4 aliphatic rings. The summed E-state index contributed by atoms with van der Waals surface area (Å²) in [6.45, 7) is 20.7. The Morgan fingerprint density at radius 2 is 1.34 bits per heavy atom. The number of anilines is 1. The van der Waals surface area contributed by atoms with Crippen molar-refractivity contribution in [2.24, 2.45) is 4.99 Å².